The maximum absolute atomic E-state index is 11.4. The van der Waals surface area contributed by atoms with Gasteiger partial charge in [-0.1, -0.05) is 29.8 Å². The third-order valence-electron chi connectivity index (χ3n) is 2.20. The van der Waals surface area contributed by atoms with Gasteiger partial charge in [0.15, 0.2) is 0 Å². The van der Waals surface area contributed by atoms with Crippen molar-refractivity contribution in [3.05, 3.63) is 57.2 Å². The van der Waals surface area contributed by atoms with E-state index < -0.39 is 0 Å². The van der Waals surface area contributed by atoms with Crippen LogP contribution in [0.4, 0.5) is 0 Å². The van der Waals surface area contributed by atoms with E-state index in [0.717, 1.165) is 5.75 Å². The molecule has 0 aliphatic carbocycles. The maximum atomic E-state index is 11.4. The highest BCUT2D eigenvalue weighted by molar-refractivity contribution is 6.30. The van der Waals surface area contributed by atoms with Crippen LogP contribution in [0.3, 0.4) is 0 Å². The number of ether oxygens (including phenoxy) is 1. The molecule has 88 valence electrons. The molecule has 2 rings (SSSR count). The fourth-order valence-corrected chi connectivity index (χ4v) is 1.46. The number of aromatic amines is 1. The van der Waals surface area contributed by atoms with Crippen LogP contribution in [0.2, 0.25) is 5.02 Å². The zero-order chi connectivity index (χ0) is 12.3. The van der Waals surface area contributed by atoms with Gasteiger partial charge >= 0.3 is 0 Å². The summed E-state index contributed by atoms with van der Waals surface area (Å²) in [7, 11) is 0. The van der Waals surface area contributed by atoms with Gasteiger partial charge in [-0.15, -0.1) is 0 Å². The average Bonchev–Trinajstić information content (AvgIpc) is 2.34. The van der Waals surface area contributed by atoms with Crippen LogP contribution in [0.25, 0.3) is 0 Å². The second kappa shape index (κ2) is 5.01. The Bertz CT molecular complexity index is 566. The van der Waals surface area contributed by atoms with Gasteiger partial charge in [0.05, 0.1) is 5.69 Å². The summed E-state index contributed by atoms with van der Waals surface area (Å²) in [5.41, 5.74) is 0.160. The number of rotatable bonds is 3. The van der Waals surface area contributed by atoms with Gasteiger partial charge in [-0.05, 0) is 19.1 Å². The van der Waals surface area contributed by atoms with Crippen molar-refractivity contribution >= 4 is 11.6 Å². The van der Waals surface area contributed by atoms with Gasteiger partial charge in [0, 0.05) is 0 Å². The van der Waals surface area contributed by atoms with E-state index in [2.05, 4.69) is 9.97 Å². The lowest BCUT2D eigenvalue weighted by atomic mass is 10.3. The molecule has 0 aliphatic rings. The molecule has 0 radical (unpaired) electrons. The first kappa shape index (κ1) is 11.7. The van der Waals surface area contributed by atoms with Crippen molar-refractivity contribution in [2.75, 3.05) is 0 Å². The van der Waals surface area contributed by atoms with Gasteiger partial charge in [-0.3, -0.25) is 4.79 Å². The predicted molar refractivity (Wildman–Crippen MR) is 65.4 cm³/mol. The highest BCUT2D eigenvalue weighted by atomic mass is 35.5. The molecule has 0 atom stereocenters. The first-order valence-electron chi connectivity index (χ1n) is 5.10. The van der Waals surface area contributed by atoms with E-state index in [1.54, 1.807) is 6.92 Å². The second-order valence-corrected chi connectivity index (χ2v) is 3.89. The van der Waals surface area contributed by atoms with Crippen LogP contribution < -0.4 is 10.3 Å². The maximum Gasteiger partial charge on any atom is 0.270 e. The molecule has 5 heteroatoms. The van der Waals surface area contributed by atoms with Gasteiger partial charge < -0.3 is 9.72 Å². The molecule has 0 spiro atoms. The Morgan fingerprint density at radius 2 is 2.06 bits per heavy atom. The van der Waals surface area contributed by atoms with E-state index >= 15 is 0 Å². The van der Waals surface area contributed by atoms with Crippen LogP contribution >= 0.6 is 11.6 Å². The third-order valence-corrected chi connectivity index (χ3v) is 2.64. The van der Waals surface area contributed by atoms with Crippen molar-refractivity contribution in [2.45, 2.75) is 13.5 Å². The molecular weight excluding hydrogens is 240 g/mol. The standard InChI is InChI=1S/C12H11ClN2O2/c1-8-11(13)12(16)15-10(14-8)7-17-9-5-3-2-4-6-9/h2-6H,7H2,1H3,(H,14,15,16). The number of para-hydroxylation sites is 1. The highest BCUT2D eigenvalue weighted by Crippen LogP contribution is 2.11. The largest absolute Gasteiger partial charge is 0.486 e. The minimum absolute atomic E-state index is 0.119. The summed E-state index contributed by atoms with van der Waals surface area (Å²) in [5.74, 6) is 1.18. The van der Waals surface area contributed by atoms with Crippen molar-refractivity contribution in [3.63, 3.8) is 0 Å². The fourth-order valence-electron chi connectivity index (χ4n) is 1.37. The van der Waals surface area contributed by atoms with Gasteiger partial charge in [0.2, 0.25) is 0 Å². The Balaban J connectivity index is 2.13. The molecule has 0 saturated heterocycles. The SMILES string of the molecule is Cc1nc(COc2ccccc2)[nH]c(=O)c1Cl. The summed E-state index contributed by atoms with van der Waals surface area (Å²) in [6.45, 7) is 1.89. The lowest BCUT2D eigenvalue weighted by Crippen LogP contribution is -2.15. The van der Waals surface area contributed by atoms with Crippen molar-refractivity contribution in [1.82, 2.24) is 9.97 Å². The molecule has 0 aliphatic heterocycles. The molecule has 0 unspecified atom stereocenters. The van der Waals surface area contributed by atoms with Crippen molar-refractivity contribution < 1.29 is 4.74 Å². The lowest BCUT2D eigenvalue weighted by molar-refractivity contribution is 0.295. The molecule has 4 nitrogen and oxygen atoms in total. The normalized spacial score (nSPS) is 10.2. The van der Waals surface area contributed by atoms with E-state index in [1.807, 2.05) is 30.3 Å². The molecule has 0 saturated carbocycles. The summed E-state index contributed by atoms with van der Waals surface area (Å²) in [6, 6.07) is 9.32. The van der Waals surface area contributed by atoms with E-state index in [0.29, 0.717) is 11.5 Å². The number of hydrogen-bond donors (Lipinski definition) is 1. The number of nitrogens with zero attached hydrogens (tertiary/aromatic N) is 1. The number of benzene rings is 1. The van der Waals surface area contributed by atoms with Crippen molar-refractivity contribution in [3.8, 4) is 5.75 Å². The van der Waals surface area contributed by atoms with Gasteiger partial charge in [-0.2, -0.15) is 0 Å². The van der Waals surface area contributed by atoms with Crippen LogP contribution in [0.15, 0.2) is 35.1 Å². The molecule has 17 heavy (non-hydrogen) atoms. The summed E-state index contributed by atoms with van der Waals surface area (Å²) >= 11 is 5.72. The molecule has 0 bridgehead atoms. The fraction of sp³-hybridized carbons (Fsp3) is 0.167. The number of hydrogen-bond acceptors (Lipinski definition) is 3. The van der Waals surface area contributed by atoms with Crippen LogP contribution in [0, 0.1) is 6.92 Å². The van der Waals surface area contributed by atoms with Crippen molar-refractivity contribution in [2.24, 2.45) is 0 Å². The first-order valence-corrected chi connectivity index (χ1v) is 5.48. The Labute approximate surface area is 103 Å². The molecule has 1 N–H and O–H groups in total. The summed E-state index contributed by atoms with van der Waals surface area (Å²) < 4.78 is 5.47. The molecule has 1 aromatic carbocycles. The van der Waals surface area contributed by atoms with Crippen LogP contribution in [0.1, 0.15) is 11.5 Å². The third kappa shape index (κ3) is 2.85. The number of nitrogens with one attached hydrogen (secondary N) is 1. The number of H-pyrrole nitrogens is 1. The second-order valence-electron chi connectivity index (χ2n) is 3.51. The zero-order valence-electron chi connectivity index (χ0n) is 9.24. The minimum atomic E-state index is -0.342. The van der Waals surface area contributed by atoms with Crippen LogP contribution in [0.5, 0.6) is 5.75 Å². The highest BCUT2D eigenvalue weighted by Gasteiger charge is 2.05. The quantitative estimate of drug-likeness (QED) is 0.910. The molecule has 1 heterocycles. The van der Waals surface area contributed by atoms with E-state index in [1.165, 1.54) is 0 Å². The van der Waals surface area contributed by atoms with Gasteiger partial charge in [0.25, 0.3) is 5.56 Å². The first-order chi connectivity index (χ1) is 8.16. The lowest BCUT2D eigenvalue weighted by Gasteiger charge is -2.06. The van der Waals surface area contributed by atoms with Crippen molar-refractivity contribution in [1.29, 1.82) is 0 Å². The van der Waals surface area contributed by atoms with Crippen LogP contribution in [-0.4, -0.2) is 9.97 Å². The number of aromatic nitrogens is 2. The van der Waals surface area contributed by atoms with E-state index in [4.69, 9.17) is 16.3 Å². The van der Waals surface area contributed by atoms with E-state index in [-0.39, 0.29) is 17.2 Å². The minimum Gasteiger partial charge on any atom is -0.486 e. The molecule has 0 fully saturated rings. The number of aryl methyl sites for hydroxylation is 1. The molecule has 0 amide bonds. The molecule has 1 aromatic heterocycles. The topological polar surface area (TPSA) is 55.0 Å². The Hall–Kier alpha value is -1.81. The van der Waals surface area contributed by atoms with Crippen LogP contribution in [-0.2, 0) is 6.61 Å². The van der Waals surface area contributed by atoms with Gasteiger partial charge in [-0.25, -0.2) is 4.98 Å². The Morgan fingerprint density at radius 3 is 2.71 bits per heavy atom. The predicted octanol–water partition coefficient (Wildman–Crippen LogP) is 2.31. The zero-order valence-corrected chi connectivity index (χ0v) is 9.99. The van der Waals surface area contributed by atoms with E-state index in [9.17, 15) is 4.79 Å². The average molecular weight is 251 g/mol. The number of halogens is 1. The smallest absolute Gasteiger partial charge is 0.270 e. The monoisotopic (exact) mass is 250 g/mol. The molecule has 2 aromatic rings. The Kier molecular flexibility index (Phi) is 3.44. The van der Waals surface area contributed by atoms with Gasteiger partial charge in [0.1, 0.15) is 23.2 Å². The Morgan fingerprint density at radius 1 is 1.35 bits per heavy atom. The summed E-state index contributed by atoms with van der Waals surface area (Å²) in [5, 5.41) is 0.119. The summed E-state index contributed by atoms with van der Waals surface area (Å²) in [6.07, 6.45) is 0. The molecular formula is C12H11ClN2O2. The summed E-state index contributed by atoms with van der Waals surface area (Å²) in [4.78, 5) is 18.1.